The first-order valence-corrected chi connectivity index (χ1v) is 14.7. The van der Waals surface area contributed by atoms with Crippen LogP contribution in [-0.2, 0) is 24.3 Å². The molecule has 4 atom stereocenters. The van der Waals surface area contributed by atoms with Gasteiger partial charge in [0.05, 0.1) is 36.9 Å². The lowest BCUT2D eigenvalue weighted by Gasteiger charge is -2.34. The number of halogens is 6. The third-order valence-corrected chi connectivity index (χ3v) is 8.18. The van der Waals surface area contributed by atoms with E-state index in [9.17, 15) is 36.6 Å². The van der Waals surface area contributed by atoms with E-state index in [1.54, 1.807) is 0 Å². The number of rotatable bonds is 10. The molecule has 4 heterocycles. The number of nitrogens with zero attached hydrogens (tertiary/aromatic N) is 10. The highest BCUT2D eigenvalue weighted by Crippen LogP contribution is 2.41. The average molecular weight is 699 g/mol. The maximum Gasteiger partial charge on any atom is 0.163 e. The first-order chi connectivity index (χ1) is 23.8. The van der Waals surface area contributed by atoms with Gasteiger partial charge < -0.3 is 10.2 Å². The first kappa shape index (κ1) is 35.7. The number of aromatic nitrogens is 10. The maximum atomic E-state index is 14.4. The molecule has 50 heavy (non-hydrogen) atoms. The Balaban J connectivity index is 0.000000194. The Morgan fingerprint density at radius 2 is 0.980 bits per heavy atom. The van der Waals surface area contributed by atoms with Crippen LogP contribution in [0.25, 0.3) is 0 Å². The fraction of sp³-hybridized carbons (Fsp3) is 0.250. The monoisotopic (exact) mass is 698 g/mol. The molecule has 6 aromatic rings. The van der Waals surface area contributed by atoms with Crippen molar-refractivity contribution >= 4 is 0 Å². The van der Waals surface area contributed by atoms with Crippen molar-refractivity contribution < 1.29 is 36.6 Å². The lowest BCUT2D eigenvalue weighted by molar-refractivity contribution is -0.0137. The molecular formula is C32H28F6N10O2. The van der Waals surface area contributed by atoms with Crippen LogP contribution in [0.2, 0.25) is 0 Å². The molecule has 0 saturated heterocycles. The van der Waals surface area contributed by atoms with Crippen LogP contribution in [0.4, 0.5) is 26.3 Å². The Labute approximate surface area is 280 Å². The van der Waals surface area contributed by atoms with Gasteiger partial charge in [-0.05, 0) is 12.1 Å². The molecular weight excluding hydrogens is 670 g/mol. The molecule has 2 N–H and O–H groups in total. The van der Waals surface area contributed by atoms with E-state index in [0.717, 1.165) is 49.3 Å². The molecule has 4 aromatic heterocycles. The van der Waals surface area contributed by atoms with E-state index < -0.39 is 57.9 Å². The molecule has 0 unspecified atom stereocenters. The summed E-state index contributed by atoms with van der Waals surface area (Å²) in [5.41, 5.74) is -4.51. The van der Waals surface area contributed by atoms with Crippen molar-refractivity contribution in [1.29, 1.82) is 0 Å². The zero-order valence-electron chi connectivity index (χ0n) is 26.3. The molecule has 0 aliphatic rings. The predicted octanol–water partition coefficient (Wildman–Crippen LogP) is 4.35. The van der Waals surface area contributed by atoms with Crippen LogP contribution in [0.1, 0.15) is 48.2 Å². The summed E-state index contributed by atoms with van der Waals surface area (Å²) >= 11 is 0. The smallest absolute Gasteiger partial charge is 0.163 e. The van der Waals surface area contributed by atoms with Gasteiger partial charge in [-0.3, -0.25) is 0 Å². The van der Waals surface area contributed by atoms with Crippen LogP contribution < -0.4 is 0 Å². The molecule has 0 aliphatic carbocycles. The zero-order valence-corrected chi connectivity index (χ0v) is 26.3. The molecule has 260 valence electrons. The van der Waals surface area contributed by atoms with Crippen molar-refractivity contribution in [2.45, 2.75) is 50.0 Å². The first-order valence-electron chi connectivity index (χ1n) is 14.7. The average Bonchev–Trinajstić information content (AvgIpc) is 3.79. The molecule has 0 amide bonds. The van der Waals surface area contributed by atoms with Crippen LogP contribution in [0.15, 0.2) is 86.8 Å². The molecule has 0 radical (unpaired) electrons. The van der Waals surface area contributed by atoms with Crippen molar-refractivity contribution in [3.05, 3.63) is 144 Å². The van der Waals surface area contributed by atoms with E-state index in [1.165, 1.54) is 48.5 Å². The summed E-state index contributed by atoms with van der Waals surface area (Å²) in [6.07, 6.45) is 9.32. The van der Waals surface area contributed by atoms with Crippen LogP contribution in [0.3, 0.4) is 0 Å². The highest BCUT2D eigenvalue weighted by atomic mass is 19.2. The van der Waals surface area contributed by atoms with Gasteiger partial charge in [-0.2, -0.15) is 10.2 Å². The van der Waals surface area contributed by atoms with E-state index in [2.05, 4.69) is 40.1 Å². The van der Waals surface area contributed by atoms with Gasteiger partial charge in [-0.1, -0.05) is 26.0 Å². The van der Waals surface area contributed by atoms with Crippen molar-refractivity contribution in [2.75, 3.05) is 0 Å². The summed E-state index contributed by atoms with van der Waals surface area (Å²) in [5.74, 6) is -6.94. The van der Waals surface area contributed by atoms with Crippen molar-refractivity contribution in [3.8, 4) is 0 Å². The van der Waals surface area contributed by atoms with Gasteiger partial charge in [-0.15, -0.1) is 0 Å². The summed E-state index contributed by atoms with van der Waals surface area (Å²) in [4.78, 5) is 22.4. The summed E-state index contributed by atoms with van der Waals surface area (Å²) in [6, 6.07) is 5.60. The SMILES string of the molecule is C[C@@H](c1ncncc1F)[C@@](O)(Cn1cncn1)c1ccc(F)cc1F.C[C@H](c1ncncc1F)[C@](O)(Cn1cncn1)c1ccc(F)cc1F. The Bertz CT molecular complexity index is 1890. The quantitative estimate of drug-likeness (QED) is 0.198. The van der Waals surface area contributed by atoms with E-state index >= 15 is 0 Å². The second kappa shape index (κ2) is 14.9. The van der Waals surface area contributed by atoms with Gasteiger partial charge in [0.1, 0.15) is 72.4 Å². The number of benzene rings is 2. The Kier molecular flexibility index (Phi) is 10.6. The summed E-state index contributed by atoms with van der Waals surface area (Å²) in [5, 5.41) is 30.4. The van der Waals surface area contributed by atoms with Crippen LogP contribution in [0.5, 0.6) is 0 Å². The van der Waals surface area contributed by atoms with E-state index in [4.69, 9.17) is 0 Å². The van der Waals surface area contributed by atoms with Crippen molar-refractivity contribution in [1.82, 2.24) is 49.5 Å². The minimum absolute atomic E-state index is 0.0960. The van der Waals surface area contributed by atoms with Crippen LogP contribution in [0, 0.1) is 34.9 Å². The minimum Gasteiger partial charge on any atom is -0.382 e. The molecule has 18 heteroatoms. The highest BCUT2D eigenvalue weighted by Gasteiger charge is 2.43. The standard InChI is InChI=1S/2C16H14F3N5O/c2*1-10(15-14(19)5-20-7-22-15)16(25,6-24-9-21-8-23-24)12-3-2-11(17)4-13(12)18/h2*2-5,7-10,25H,6H2,1H3/t2*10-,16-/m10/s1. The fourth-order valence-electron chi connectivity index (χ4n) is 5.45. The summed E-state index contributed by atoms with van der Waals surface area (Å²) < 4.78 is 86.1. The number of aliphatic hydroxyl groups is 2. The van der Waals surface area contributed by atoms with Crippen LogP contribution >= 0.6 is 0 Å². The lowest BCUT2D eigenvalue weighted by atomic mass is 9.79. The molecule has 0 fully saturated rings. The molecule has 12 nitrogen and oxygen atoms in total. The predicted molar refractivity (Wildman–Crippen MR) is 161 cm³/mol. The normalized spacial score (nSPS) is 14.9. The molecule has 6 rings (SSSR count). The third kappa shape index (κ3) is 7.50. The van der Waals surface area contributed by atoms with Gasteiger partial charge in [0.25, 0.3) is 0 Å². The van der Waals surface area contributed by atoms with Gasteiger partial charge in [0.2, 0.25) is 0 Å². The molecule has 2 aromatic carbocycles. The minimum atomic E-state index is -1.96. The van der Waals surface area contributed by atoms with Gasteiger partial charge >= 0.3 is 0 Å². The number of hydrogen-bond acceptors (Lipinski definition) is 10. The van der Waals surface area contributed by atoms with Gasteiger partial charge in [0.15, 0.2) is 11.6 Å². The van der Waals surface area contributed by atoms with Gasteiger partial charge in [-0.25, -0.2) is 65.6 Å². The van der Waals surface area contributed by atoms with E-state index in [0.29, 0.717) is 12.1 Å². The Morgan fingerprint density at radius 1 is 0.580 bits per heavy atom. The molecule has 0 saturated carbocycles. The highest BCUT2D eigenvalue weighted by molar-refractivity contribution is 5.31. The zero-order chi connectivity index (χ0) is 36.1. The van der Waals surface area contributed by atoms with Gasteiger partial charge in [0, 0.05) is 35.1 Å². The Hall–Kier alpha value is -5.62. The summed E-state index contributed by atoms with van der Waals surface area (Å²) in [6.45, 7) is 2.51. The topological polar surface area (TPSA) is 153 Å². The fourth-order valence-corrected chi connectivity index (χ4v) is 5.45. The molecule has 0 bridgehead atoms. The van der Waals surface area contributed by atoms with E-state index in [1.807, 2.05) is 0 Å². The Morgan fingerprint density at radius 3 is 1.30 bits per heavy atom. The second-order valence-electron chi connectivity index (χ2n) is 11.2. The second-order valence-corrected chi connectivity index (χ2v) is 11.2. The maximum absolute atomic E-state index is 14.4. The molecule has 0 spiro atoms. The largest absolute Gasteiger partial charge is 0.382 e. The van der Waals surface area contributed by atoms with Crippen LogP contribution in [-0.4, -0.2) is 59.7 Å². The summed E-state index contributed by atoms with van der Waals surface area (Å²) in [7, 11) is 0. The van der Waals surface area contributed by atoms with E-state index in [-0.39, 0.29) is 35.6 Å². The van der Waals surface area contributed by atoms with Crippen molar-refractivity contribution in [2.24, 2.45) is 0 Å². The number of hydrogen-bond donors (Lipinski definition) is 2. The van der Waals surface area contributed by atoms with Crippen molar-refractivity contribution in [3.63, 3.8) is 0 Å². The third-order valence-electron chi connectivity index (χ3n) is 8.18. The lowest BCUT2D eigenvalue weighted by Crippen LogP contribution is -2.39. The molecule has 0 aliphatic heterocycles.